The van der Waals surface area contributed by atoms with Crippen LogP contribution in [0.4, 0.5) is 5.82 Å². The molecule has 20 heavy (non-hydrogen) atoms. The number of anilines is 1. The molecule has 0 bridgehead atoms. The van der Waals surface area contributed by atoms with Gasteiger partial charge in [0.05, 0.1) is 6.20 Å². The monoisotopic (exact) mass is 290 g/mol. The number of benzene rings is 1. The van der Waals surface area contributed by atoms with Crippen molar-refractivity contribution in [2.45, 2.75) is 0 Å². The first-order chi connectivity index (χ1) is 9.60. The fraction of sp³-hybridized carbons (Fsp3) is 0.154. The van der Waals surface area contributed by atoms with Crippen LogP contribution in [0.3, 0.4) is 0 Å². The molecule has 1 amide bonds. The van der Waals surface area contributed by atoms with Crippen LogP contribution in [0.25, 0.3) is 0 Å². The summed E-state index contributed by atoms with van der Waals surface area (Å²) in [6, 6.07) is 8.69. The number of aryl methyl sites for hydroxylation is 1. The maximum Gasteiger partial charge on any atom is 0.263 e. The summed E-state index contributed by atoms with van der Waals surface area (Å²) in [6.07, 6.45) is 1.38. The number of amides is 1. The van der Waals surface area contributed by atoms with E-state index in [1.165, 1.54) is 10.9 Å². The van der Waals surface area contributed by atoms with Gasteiger partial charge < -0.3 is 10.1 Å². The van der Waals surface area contributed by atoms with E-state index in [0.717, 1.165) is 0 Å². The van der Waals surface area contributed by atoms with E-state index in [1.807, 2.05) is 6.07 Å². The van der Waals surface area contributed by atoms with Crippen LogP contribution >= 0.6 is 11.6 Å². The van der Waals surface area contributed by atoms with E-state index in [0.29, 0.717) is 22.2 Å². The lowest BCUT2D eigenvalue weighted by atomic mass is 10.3. The van der Waals surface area contributed by atoms with Gasteiger partial charge in [0.25, 0.3) is 5.91 Å². The van der Waals surface area contributed by atoms with Crippen LogP contribution in [-0.2, 0) is 11.8 Å². The summed E-state index contributed by atoms with van der Waals surface area (Å²) in [5.74, 6) is 0.454. The number of ether oxygens (including phenoxy) is 1. The van der Waals surface area contributed by atoms with Crippen molar-refractivity contribution in [1.82, 2.24) is 9.78 Å². The zero-order chi connectivity index (χ0) is 14.5. The molecule has 6 nitrogen and oxygen atoms in total. The molecule has 0 aliphatic heterocycles. The average molecular weight is 291 g/mol. The quantitative estimate of drug-likeness (QED) is 0.933. The zero-order valence-electron chi connectivity index (χ0n) is 10.6. The lowest BCUT2D eigenvalue weighted by Gasteiger charge is -2.08. The Hall–Kier alpha value is -2.52. The molecule has 1 N–H and O–H groups in total. The fourth-order valence-electron chi connectivity index (χ4n) is 1.54. The van der Waals surface area contributed by atoms with Gasteiger partial charge in [-0.3, -0.25) is 9.48 Å². The van der Waals surface area contributed by atoms with Gasteiger partial charge in [0, 0.05) is 12.1 Å². The smallest absolute Gasteiger partial charge is 0.263 e. The lowest BCUT2D eigenvalue weighted by molar-refractivity contribution is -0.118. The minimum atomic E-state index is -0.384. The Balaban J connectivity index is 1.96. The van der Waals surface area contributed by atoms with Crippen LogP contribution in [-0.4, -0.2) is 22.3 Å². The van der Waals surface area contributed by atoms with Crippen LogP contribution in [0.15, 0.2) is 30.5 Å². The molecule has 2 rings (SSSR count). The highest BCUT2D eigenvalue weighted by Gasteiger charge is 2.12. The third-order valence-corrected chi connectivity index (χ3v) is 2.72. The van der Waals surface area contributed by atoms with Crippen LogP contribution in [0.1, 0.15) is 5.56 Å². The Morgan fingerprint density at radius 3 is 3.10 bits per heavy atom. The molecule has 0 atom stereocenters. The van der Waals surface area contributed by atoms with E-state index in [-0.39, 0.29) is 12.5 Å². The maximum absolute atomic E-state index is 11.8. The molecule has 0 saturated heterocycles. The van der Waals surface area contributed by atoms with E-state index >= 15 is 0 Å². The number of hydrogen-bond donors (Lipinski definition) is 1. The number of hydrogen-bond acceptors (Lipinski definition) is 4. The predicted molar refractivity (Wildman–Crippen MR) is 73.5 cm³/mol. The third-order valence-electron chi connectivity index (χ3n) is 2.48. The number of nitriles is 1. The van der Waals surface area contributed by atoms with Gasteiger partial charge in [0.2, 0.25) is 0 Å². The second-order valence-electron chi connectivity index (χ2n) is 3.94. The fourth-order valence-corrected chi connectivity index (χ4v) is 1.72. The number of nitrogens with one attached hydrogen (secondary N) is 1. The molecule has 0 radical (unpaired) electrons. The lowest BCUT2D eigenvalue weighted by Crippen LogP contribution is -2.22. The van der Waals surface area contributed by atoms with Gasteiger partial charge in [-0.15, -0.1) is 0 Å². The molecule has 102 valence electrons. The summed E-state index contributed by atoms with van der Waals surface area (Å²) in [5, 5.41) is 15.9. The van der Waals surface area contributed by atoms with Crippen LogP contribution < -0.4 is 10.1 Å². The molecule has 1 aromatic heterocycles. The standard InChI is InChI=1S/C13H11ClN4O2/c1-18-13(9(6-15)7-16-18)17-12(19)8-20-11-4-2-3-10(14)5-11/h2-5,7H,8H2,1H3,(H,17,19). The Morgan fingerprint density at radius 1 is 1.60 bits per heavy atom. The Morgan fingerprint density at radius 2 is 2.40 bits per heavy atom. The van der Waals surface area contributed by atoms with Crippen LogP contribution in [0.5, 0.6) is 5.75 Å². The first kappa shape index (κ1) is 13.9. The highest BCUT2D eigenvalue weighted by atomic mass is 35.5. The zero-order valence-corrected chi connectivity index (χ0v) is 11.4. The molecule has 0 aliphatic carbocycles. The van der Waals surface area contributed by atoms with Crippen molar-refractivity contribution in [1.29, 1.82) is 5.26 Å². The van der Waals surface area contributed by atoms with E-state index in [4.69, 9.17) is 21.6 Å². The van der Waals surface area contributed by atoms with Gasteiger partial charge >= 0.3 is 0 Å². The van der Waals surface area contributed by atoms with E-state index in [1.54, 1.807) is 31.3 Å². The second kappa shape index (κ2) is 6.08. The van der Waals surface area contributed by atoms with E-state index in [9.17, 15) is 4.79 Å². The summed E-state index contributed by atoms with van der Waals surface area (Å²) < 4.78 is 6.71. The summed E-state index contributed by atoms with van der Waals surface area (Å²) in [7, 11) is 1.63. The molecular weight excluding hydrogens is 280 g/mol. The molecule has 7 heteroatoms. The minimum Gasteiger partial charge on any atom is -0.484 e. The number of carbonyl (C=O) groups excluding carboxylic acids is 1. The topological polar surface area (TPSA) is 79.9 Å². The van der Waals surface area contributed by atoms with Crippen molar-refractivity contribution in [3.63, 3.8) is 0 Å². The number of aromatic nitrogens is 2. The van der Waals surface area contributed by atoms with Gasteiger partial charge in [-0.25, -0.2) is 0 Å². The number of halogens is 1. The molecular formula is C13H11ClN4O2. The Bertz CT molecular complexity index is 675. The summed E-state index contributed by atoms with van der Waals surface area (Å²) in [4.78, 5) is 11.8. The molecule has 2 aromatic rings. The first-order valence-corrected chi connectivity index (χ1v) is 6.08. The molecule has 1 aromatic carbocycles. The molecule has 0 fully saturated rings. The SMILES string of the molecule is Cn1ncc(C#N)c1NC(=O)COc1cccc(Cl)c1. The van der Waals surface area contributed by atoms with Gasteiger partial charge in [0.1, 0.15) is 23.2 Å². The van der Waals surface area contributed by atoms with Crippen molar-refractivity contribution < 1.29 is 9.53 Å². The van der Waals surface area contributed by atoms with Gasteiger partial charge in [0.15, 0.2) is 6.61 Å². The predicted octanol–water partition coefficient (Wildman–Crippen LogP) is 1.96. The van der Waals surface area contributed by atoms with Crippen molar-refractivity contribution in [3.8, 4) is 11.8 Å². The minimum absolute atomic E-state index is 0.184. The summed E-state index contributed by atoms with van der Waals surface area (Å²) >= 11 is 5.81. The normalized spacial score (nSPS) is 9.85. The number of nitrogens with zero attached hydrogens (tertiary/aromatic N) is 3. The summed E-state index contributed by atoms with van der Waals surface area (Å²) in [6.45, 7) is -0.184. The highest BCUT2D eigenvalue weighted by molar-refractivity contribution is 6.30. The van der Waals surface area contributed by atoms with Crippen molar-refractivity contribution >= 4 is 23.3 Å². The summed E-state index contributed by atoms with van der Waals surface area (Å²) in [5.41, 5.74) is 0.295. The van der Waals surface area contributed by atoms with Gasteiger partial charge in [-0.2, -0.15) is 10.4 Å². The van der Waals surface area contributed by atoms with Crippen molar-refractivity contribution in [2.75, 3.05) is 11.9 Å². The van der Waals surface area contributed by atoms with Crippen LogP contribution in [0, 0.1) is 11.3 Å². The molecule has 0 saturated carbocycles. The van der Waals surface area contributed by atoms with Crippen LogP contribution in [0.2, 0.25) is 5.02 Å². The maximum atomic E-state index is 11.8. The van der Waals surface area contributed by atoms with E-state index < -0.39 is 0 Å². The largest absolute Gasteiger partial charge is 0.484 e. The number of carbonyl (C=O) groups is 1. The molecule has 0 aliphatic rings. The second-order valence-corrected chi connectivity index (χ2v) is 4.37. The molecule has 0 unspecified atom stereocenters. The highest BCUT2D eigenvalue weighted by Crippen LogP contribution is 2.17. The van der Waals surface area contributed by atoms with E-state index in [2.05, 4.69) is 10.4 Å². The molecule has 1 heterocycles. The third kappa shape index (κ3) is 3.28. The average Bonchev–Trinajstić information content (AvgIpc) is 2.77. The molecule has 0 spiro atoms. The van der Waals surface area contributed by atoms with Crippen molar-refractivity contribution in [3.05, 3.63) is 41.0 Å². The number of rotatable bonds is 4. The van der Waals surface area contributed by atoms with Gasteiger partial charge in [-0.05, 0) is 18.2 Å². The Labute approximate surface area is 120 Å². The van der Waals surface area contributed by atoms with Crippen molar-refractivity contribution in [2.24, 2.45) is 7.05 Å². The first-order valence-electron chi connectivity index (χ1n) is 5.70. The van der Waals surface area contributed by atoms with Gasteiger partial charge in [-0.1, -0.05) is 17.7 Å². The Kier molecular flexibility index (Phi) is 4.23.